The highest BCUT2D eigenvalue weighted by Gasteiger charge is 2.18. The second-order valence-corrected chi connectivity index (χ2v) is 5.83. The number of Topliss-reactive ketones (excluding diaryl/α,β-unsaturated/α-hetero) is 1. The zero-order valence-electron chi connectivity index (χ0n) is 11.4. The van der Waals surface area contributed by atoms with E-state index in [0.717, 1.165) is 37.1 Å². The van der Waals surface area contributed by atoms with E-state index in [4.69, 9.17) is 17.3 Å². The lowest BCUT2D eigenvalue weighted by Crippen LogP contribution is -2.42. The molecule has 1 aliphatic heterocycles. The molecule has 104 valence electrons. The largest absolute Gasteiger partial charge is 0.328 e. The summed E-state index contributed by atoms with van der Waals surface area (Å²) in [6.07, 6.45) is 2.39. The fourth-order valence-electron chi connectivity index (χ4n) is 2.42. The van der Waals surface area contributed by atoms with Gasteiger partial charge in [-0.05, 0) is 37.0 Å². The normalized spacial score (nSPS) is 17.6. The first-order chi connectivity index (χ1) is 9.04. The number of hydrogen-bond donors (Lipinski definition) is 1. The van der Waals surface area contributed by atoms with Crippen LogP contribution in [0.4, 0.5) is 0 Å². The van der Waals surface area contributed by atoms with Crippen LogP contribution in [0.1, 0.15) is 24.0 Å². The van der Waals surface area contributed by atoms with Gasteiger partial charge in [0.25, 0.3) is 0 Å². The Balaban J connectivity index is 1.87. The molecule has 0 unspecified atom stereocenters. The molecule has 3 nitrogen and oxygen atoms in total. The molecular formula is C15H21ClN2O. The number of ketones is 1. The fourth-order valence-corrected chi connectivity index (χ4v) is 2.73. The molecule has 0 amide bonds. The molecule has 0 aliphatic carbocycles. The van der Waals surface area contributed by atoms with E-state index in [1.165, 1.54) is 0 Å². The molecule has 0 saturated carbocycles. The minimum atomic E-state index is 0.223. The van der Waals surface area contributed by atoms with Crippen LogP contribution in [0.15, 0.2) is 18.2 Å². The predicted molar refractivity (Wildman–Crippen MR) is 78.5 cm³/mol. The van der Waals surface area contributed by atoms with Crippen molar-refractivity contribution in [3.05, 3.63) is 34.3 Å². The van der Waals surface area contributed by atoms with Crippen molar-refractivity contribution in [2.24, 2.45) is 5.73 Å². The molecule has 0 radical (unpaired) electrons. The Morgan fingerprint density at radius 1 is 1.42 bits per heavy atom. The first kappa shape index (κ1) is 14.5. The minimum absolute atomic E-state index is 0.223. The van der Waals surface area contributed by atoms with E-state index in [9.17, 15) is 4.79 Å². The number of aryl methyl sites for hydroxylation is 1. The summed E-state index contributed by atoms with van der Waals surface area (Å²) < 4.78 is 0. The third-order valence-electron chi connectivity index (χ3n) is 3.63. The molecule has 19 heavy (non-hydrogen) atoms. The summed E-state index contributed by atoms with van der Waals surface area (Å²) in [6.45, 7) is 4.36. The van der Waals surface area contributed by atoms with E-state index in [2.05, 4.69) is 4.90 Å². The molecule has 4 heteroatoms. The number of nitrogens with two attached hydrogens (primary N) is 1. The number of benzene rings is 1. The van der Waals surface area contributed by atoms with Gasteiger partial charge < -0.3 is 5.73 Å². The highest BCUT2D eigenvalue weighted by molar-refractivity contribution is 6.31. The summed E-state index contributed by atoms with van der Waals surface area (Å²) >= 11 is 6.15. The maximum atomic E-state index is 12.1. The van der Waals surface area contributed by atoms with Gasteiger partial charge in [-0.1, -0.05) is 23.7 Å². The number of rotatable bonds is 4. The van der Waals surface area contributed by atoms with E-state index < -0.39 is 0 Å². The van der Waals surface area contributed by atoms with Gasteiger partial charge in [0.1, 0.15) is 0 Å². The summed E-state index contributed by atoms with van der Waals surface area (Å²) in [5.41, 5.74) is 7.90. The van der Waals surface area contributed by atoms with Crippen molar-refractivity contribution in [3.63, 3.8) is 0 Å². The monoisotopic (exact) mass is 280 g/mol. The zero-order valence-corrected chi connectivity index (χ0v) is 12.1. The number of hydrogen-bond acceptors (Lipinski definition) is 3. The van der Waals surface area contributed by atoms with Crippen molar-refractivity contribution in [2.75, 3.05) is 19.6 Å². The molecule has 1 saturated heterocycles. The van der Waals surface area contributed by atoms with Crippen LogP contribution >= 0.6 is 11.6 Å². The highest BCUT2D eigenvalue weighted by atomic mass is 35.5. The number of halogens is 1. The zero-order chi connectivity index (χ0) is 13.8. The van der Waals surface area contributed by atoms with Crippen LogP contribution in [0.5, 0.6) is 0 Å². The first-order valence-electron chi connectivity index (χ1n) is 6.79. The first-order valence-corrected chi connectivity index (χ1v) is 7.17. The van der Waals surface area contributed by atoms with Gasteiger partial charge in [-0.15, -0.1) is 0 Å². The summed E-state index contributed by atoms with van der Waals surface area (Å²) in [5, 5.41) is 0.689. The highest BCUT2D eigenvalue weighted by Crippen LogP contribution is 2.18. The summed E-state index contributed by atoms with van der Waals surface area (Å²) in [4.78, 5) is 14.3. The summed E-state index contributed by atoms with van der Waals surface area (Å²) in [5.74, 6) is 0.223. The van der Waals surface area contributed by atoms with Crippen LogP contribution in [0, 0.1) is 6.92 Å². The van der Waals surface area contributed by atoms with Crippen LogP contribution in [-0.2, 0) is 11.2 Å². The van der Waals surface area contributed by atoms with Crippen LogP contribution in [-0.4, -0.2) is 36.4 Å². The van der Waals surface area contributed by atoms with Crippen molar-refractivity contribution in [3.8, 4) is 0 Å². The smallest absolute Gasteiger partial charge is 0.151 e. The average molecular weight is 281 g/mol. The third kappa shape index (κ3) is 4.30. The molecule has 1 heterocycles. The molecule has 0 aromatic heterocycles. The van der Waals surface area contributed by atoms with Crippen LogP contribution in [0.25, 0.3) is 0 Å². The lowest BCUT2D eigenvalue weighted by molar-refractivity contribution is -0.119. The van der Waals surface area contributed by atoms with E-state index in [0.29, 0.717) is 24.0 Å². The predicted octanol–water partition coefficient (Wildman–Crippen LogP) is 2.18. The molecule has 1 aromatic carbocycles. The van der Waals surface area contributed by atoms with E-state index in [-0.39, 0.29) is 5.78 Å². The SMILES string of the molecule is Cc1ccc(CC(=O)CN2CCC(N)CC2)c(Cl)c1. The Hall–Kier alpha value is -0.900. The molecule has 0 bridgehead atoms. The number of likely N-dealkylation sites (tertiary alicyclic amines) is 1. The van der Waals surface area contributed by atoms with Gasteiger partial charge in [0.05, 0.1) is 6.54 Å². The van der Waals surface area contributed by atoms with Gasteiger partial charge in [0.2, 0.25) is 0 Å². The van der Waals surface area contributed by atoms with Crippen molar-refractivity contribution in [2.45, 2.75) is 32.2 Å². The lowest BCUT2D eigenvalue weighted by Gasteiger charge is -2.29. The number of carbonyl (C=O) groups is 1. The van der Waals surface area contributed by atoms with Gasteiger partial charge in [-0.3, -0.25) is 9.69 Å². The lowest BCUT2D eigenvalue weighted by atomic mass is 10.0. The molecule has 0 atom stereocenters. The Kier molecular flexibility index (Phi) is 4.97. The van der Waals surface area contributed by atoms with Gasteiger partial charge in [0.15, 0.2) is 5.78 Å². The van der Waals surface area contributed by atoms with Crippen molar-refractivity contribution in [1.29, 1.82) is 0 Å². The van der Waals surface area contributed by atoms with Gasteiger partial charge in [-0.2, -0.15) is 0 Å². The number of carbonyl (C=O) groups excluding carboxylic acids is 1. The van der Waals surface area contributed by atoms with E-state index in [1.807, 2.05) is 25.1 Å². The molecule has 2 N–H and O–H groups in total. The number of piperidine rings is 1. The third-order valence-corrected chi connectivity index (χ3v) is 3.98. The summed E-state index contributed by atoms with van der Waals surface area (Å²) in [6, 6.07) is 6.15. The Morgan fingerprint density at radius 3 is 2.74 bits per heavy atom. The molecule has 2 rings (SSSR count). The van der Waals surface area contributed by atoms with Gasteiger partial charge >= 0.3 is 0 Å². The van der Waals surface area contributed by atoms with Crippen molar-refractivity contribution >= 4 is 17.4 Å². The van der Waals surface area contributed by atoms with Gasteiger partial charge in [0, 0.05) is 30.6 Å². The standard InChI is InChI=1S/C15H21ClN2O/c1-11-2-3-12(15(16)8-11)9-14(19)10-18-6-4-13(17)5-7-18/h2-3,8,13H,4-7,9-10,17H2,1H3. The quantitative estimate of drug-likeness (QED) is 0.920. The molecule has 1 aliphatic rings. The second-order valence-electron chi connectivity index (χ2n) is 5.42. The second kappa shape index (κ2) is 6.51. The van der Waals surface area contributed by atoms with Crippen molar-refractivity contribution < 1.29 is 4.79 Å². The van der Waals surface area contributed by atoms with E-state index in [1.54, 1.807) is 0 Å². The van der Waals surface area contributed by atoms with Crippen LogP contribution < -0.4 is 5.73 Å². The topological polar surface area (TPSA) is 46.3 Å². The Labute approximate surface area is 119 Å². The molecule has 0 spiro atoms. The number of nitrogens with zero attached hydrogens (tertiary/aromatic N) is 1. The maximum absolute atomic E-state index is 12.1. The summed E-state index contributed by atoms with van der Waals surface area (Å²) in [7, 11) is 0. The molecule has 1 fully saturated rings. The van der Waals surface area contributed by atoms with Crippen LogP contribution in [0.2, 0.25) is 5.02 Å². The molecule has 1 aromatic rings. The average Bonchev–Trinajstić information content (AvgIpc) is 2.36. The van der Waals surface area contributed by atoms with Gasteiger partial charge in [-0.25, -0.2) is 0 Å². The Morgan fingerprint density at radius 2 is 2.11 bits per heavy atom. The fraction of sp³-hybridized carbons (Fsp3) is 0.533. The Bertz CT molecular complexity index is 453. The minimum Gasteiger partial charge on any atom is -0.328 e. The molecular weight excluding hydrogens is 260 g/mol. The van der Waals surface area contributed by atoms with E-state index >= 15 is 0 Å². The van der Waals surface area contributed by atoms with Crippen molar-refractivity contribution in [1.82, 2.24) is 4.90 Å². The van der Waals surface area contributed by atoms with Crippen LogP contribution in [0.3, 0.4) is 0 Å². The maximum Gasteiger partial charge on any atom is 0.151 e.